The van der Waals surface area contributed by atoms with Crippen LogP contribution in [0.2, 0.25) is 0 Å². The Morgan fingerprint density at radius 2 is 2.04 bits per heavy atom. The Morgan fingerprint density at radius 1 is 1.28 bits per heavy atom. The number of aromatic nitrogens is 4. The number of aromatic hydroxyl groups is 1. The standard InChI is InChI=1S/C16H14FN5O2S/c1-10-2-3-11(8-14(10)17)18-15(24)9-25-16-19-20-21-22(16)12-4-6-13(23)7-5-12/h2-8,23H,9H2,1H3,(H,18,24). The van der Waals surface area contributed by atoms with E-state index in [1.54, 1.807) is 31.2 Å². The molecule has 7 nitrogen and oxygen atoms in total. The number of tetrazole rings is 1. The Bertz CT molecular complexity index is 898. The molecule has 0 aliphatic heterocycles. The normalized spacial score (nSPS) is 10.6. The quantitative estimate of drug-likeness (QED) is 0.680. The first-order chi connectivity index (χ1) is 12.0. The van der Waals surface area contributed by atoms with Crippen LogP contribution in [0.3, 0.4) is 0 Å². The minimum Gasteiger partial charge on any atom is -0.508 e. The number of hydrogen-bond donors (Lipinski definition) is 2. The number of aryl methyl sites for hydroxylation is 1. The summed E-state index contributed by atoms with van der Waals surface area (Å²) in [6.45, 7) is 1.65. The van der Waals surface area contributed by atoms with Crippen molar-refractivity contribution in [3.63, 3.8) is 0 Å². The predicted octanol–water partition coefficient (Wildman–Crippen LogP) is 2.55. The molecule has 0 fully saturated rings. The summed E-state index contributed by atoms with van der Waals surface area (Å²) < 4.78 is 15.0. The van der Waals surface area contributed by atoms with Crippen molar-refractivity contribution < 1.29 is 14.3 Å². The number of thioether (sulfide) groups is 1. The number of carbonyl (C=O) groups is 1. The van der Waals surface area contributed by atoms with Gasteiger partial charge in [0, 0.05) is 5.69 Å². The molecule has 9 heteroatoms. The molecule has 2 aromatic carbocycles. The van der Waals surface area contributed by atoms with Crippen LogP contribution in [0.5, 0.6) is 5.75 Å². The SMILES string of the molecule is Cc1ccc(NC(=O)CSc2nnnn2-c2ccc(O)cc2)cc1F. The zero-order chi connectivity index (χ0) is 17.8. The molecule has 0 bridgehead atoms. The van der Waals surface area contributed by atoms with E-state index in [9.17, 15) is 14.3 Å². The summed E-state index contributed by atoms with van der Waals surface area (Å²) >= 11 is 1.15. The smallest absolute Gasteiger partial charge is 0.234 e. The van der Waals surface area contributed by atoms with Crippen LogP contribution in [0.4, 0.5) is 10.1 Å². The number of amides is 1. The summed E-state index contributed by atoms with van der Waals surface area (Å²) in [7, 11) is 0. The van der Waals surface area contributed by atoms with Crippen molar-refractivity contribution in [2.24, 2.45) is 0 Å². The molecule has 0 aliphatic rings. The molecule has 25 heavy (non-hydrogen) atoms. The third kappa shape index (κ3) is 4.13. The highest BCUT2D eigenvalue weighted by Gasteiger charge is 2.12. The van der Waals surface area contributed by atoms with Crippen LogP contribution >= 0.6 is 11.8 Å². The average molecular weight is 359 g/mol. The molecule has 1 aromatic heterocycles. The second-order valence-electron chi connectivity index (χ2n) is 5.19. The van der Waals surface area contributed by atoms with E-state index >= 15 is 0 Å². The van der Waals surface area contributed by atoms with Gasteiger partial charge in [-0.1, -0.05) is 17.8 Å². The van der Waals surface area contributed by atoms with Gasteiger partial charge in [0.15, 0.2) is 0 Å². The second-order valence-corrected chi connectivity index (χ2v) is 6.13. The largest absolute Gasteiger partial charge is 0.508 e. The molecular weight excluding hydrogens is 345 g/mol. The molecule has 128 valence electrons. The van der Waals surface area contributed by atoms with E-state index in [-0.39, 0.29) is 23.2 Å². The van der Waals surface area contributed by atoms with Gasteiger partial charge < -0.3 is 10.4 Å². The van der Waals surface area contributed by atoms with Crippen molar-refractivity contribution in [2.45, 2.75) is 12.1 Å². The van der Waals surface area contributed by atoms with Crippen LogP contribution < -0.4 is 5.32 Å². The van der Waals surface area contributed by atoms with Crippen LogP contribution in [0, 0.1) is 12.7 Å². The van der Waals surface area contributed by atoms with Gasteiger partial charge in [-0.25, -0.2) is 4.39 Å². The lowest BCUT2D eigenvalue weighted by molar-refractivity contribution is -0.113. The van der Waals surface area contributed by atoms with Crippen molar-refractivity contribution >= 4 is 23.4 Å². The maximum absolute atomic E-state index is 13.5. The first kappa shape index (κ1) is 16.9. The molecule has 3 aromatic rings. The number of hydrogen-bond acceptors (Lipinski definition) is 6. The maximum atomic E-state index is 13.5. The second kappa shape index (κ2) is 7.31. The molecule has 0 saturated carbocycles. The van der Waals surface area contributed by atoms with E-state index in [1.807, 2.05) is 0 Å². The Labute approximate surface area is 146 Å². The number of carbonyl (C=O) groups excluding carboxylic acids is 1. The van der Waals surface area contributed by atoms with Gasteiger partial charge in [0.05, 0.1) is 11.4 Å². The first-order valence-corrected chi connectivity index (χ1v) is 8.28. The zero-order valence-corrected chi connectivity index (χ0v) is 14.0. The van der Waals surface area contributed by atoms with Gasteiger partial charge in [0.25, 0.3) is 0 Å². The van der Waals surface area contributed by atoms with Gasteiger partial charge in [-0.15, -0.1) is 5.10 Å². The van der Waals surface area contributed by atoms with E-state index in [2.05, 4.69) is 20.8 Å². The highest BCUT2D eigenvalue weighted by atomic mass is 32.2. The Kier molecular flexibility index (Phi) is 4.94. The Morgan fingerprint density at radius 3 is 2.76 bits per heavy atom. The molecule has 0 spiro atoms. The van der Waals surface area contributed by atoms with Crippen LogP contribution in [-0.4, -0.2) is 37.0 Å². The Hall–Kier alpha value is -2.94. The van der Waals surface area contributed by atoms with E-state index in [0.29, 0.717) is 22.1 Å². The van der Waals surface area contributed by atoms with Gasteiger partial charge >= 0.3 is 0 Å². The lowest BCUT2D eigenvalue weighted by atomic mass is 10.2. The fraction of sp³-hybridized carbons (Fsp3) is 0.125. The lowest BCUT2D eigenvalue weighted by Gasteiger charge is -2.07. The third-order valence-corrected chi connectivity index (χ3v) is 4.24. The van der Waals surface area contributed by atoms with Crippen LogP contribution in [0.25, 0.3) is 5.69 Å². The number of phenols is 1. The van der Waals surface area contributed by atoms with E-state index in [0.717, 1.165) is 11.8 Å². The Balaban J connectivity index is 1.64. The van der Waals surface area contributed by atoms with E-state index in [1.165, 1.54) is 22.9 Å². The van der Waals surface area contributed by atoms with Gasteiger partial charge in [0.2, 0.25) is 11.1 Å². The minimum absolute atomic E-state index is 0.0634. The highest BCUT2D eigenvalue weighted by molar-refractivity contribution is 7.99. The summed E-state index contributed by atoms with van der Waals surface area (Å²) in [6.07, 6.45) is 0. The predicted molar refractivity (Wildman–Crippen MR) is 91.3 cm³/mol. The van der Waals surface area contributed by atoms with Crippen LogP contribution in [-0.2, 0) is 4.79 Å². The van der Waals surface area contributed by atoms with Gasteiger partial charge in [-0.05, 0) is 59.3 Å². The molecule has 3 rings (SSSR count). The summed E-state index contributed by atoms with van der Waals surface area (Å²) in [5.74, 6) is -0.473. The van der Waals surface area contributed by atoms with E-state index < -0.39 is 0 Å². The molecule has 0 atom stereocenters. The number of benzene rings is 2. The van der Waals surface area contributed by atoms with Crippen molar-refractivity contribution in [1.29, 1.82) is 0 Å². The molecule has 0 saturated heterocycles. The number of phenolic OH excluding ortho intramolecular Hbond substituents is 1. The maximum Gasteiger partial charge on any atom is 0.234 e. The molecule has 0 radical (unpaired) electrons. The summed E-state index contributed by atoms with van der Waals surface area (Å²) in [4.78, 5) is 12.0. The fourth-order valence-electron chi connectivity index (χ4n) is 2.02. The molecule has 0 unspecified atom stereocenters. The van der Waals surface area contributed by atoms with Gasteiger partial charge in [-0.3, -0.25) is 4.79 Å². The van der Waals surface area contributed by atoms with Crippen molar-refractivity contribution in [3.05, 3.63) is 53.8 Å². The molecule has 1 amide bonds. The molecule has 2 N–H and O–H groups in total. The zero-order valence-electron chi connectivity index (χ0n) is 13.2. The fourth-order valence-corrected chi connectivity index (χ4v) is 2.71. The van der Waals surface area contributed by atoms with Crippen molar-refractivity contribution in [2.75, 3.05) is 11.1 Å². The number of anilines is 1. The molecular formula is C16H14FN5O2S. The van der Waals surface area contributed by atoms with Crippen LogP contribution in [0.1, 0.15) is 5.56 Å². The van der Waals surface area contributed by atoms with Crippen molar-refractivity contribution in [1.82, 2.24) is 20.2 Å². The summed E-state index contributed by atoms with van der Waals surface area (Å²) in [5.41, 5.74) is 1.57. The molecule has 1 heterocycles. The number of nitrogens with zero attached hydrogens (tertiary/aromatic N) is 4. The third-order valence-electron chi connectivity index (χ3n) is 3.32. The lowest BCUT2D eigenvalue weighted by Crippen LogP contribution is -2.14. The summed E-state index contributed by atoms with van der Waals surface area (Å²) in [5, 5.41) is 23.7. The average Bonchev–Trinajstić information content (AvgIpc) is 3.06. The van der Waals surface area contributed by atoms with Crippen LogP contribution in [0.15, 0.2) is 47.6 Å². The monoisotopic (exact) mass is 359 g/mol. The number of rotatable bonds is 5. The number of nitrogens with one attached hydrogen (secondary N) is 1. The minimum atomic E-state index is -0.373. The van der Waals surface area contributed by atoms with Crippen molar-refractivity contribution in [3.8, 4) is 11.4 Å². The first-order valence-electron chi connectivity index (χ1n) is 7.29. The topological polar surface area (TPSA) is 92.9 Å². The van der Waals surface area contributed by atoms with Gasteiger partial charge in [-0.2, -0.15) is 4.68 Å². The van der Waals surface area contributed by atoms with Gasteiger partial charge in [0.1, 0.15) is 11.6 Å². The van der Waals surface area contributed by atoms with E-state index in [4.69, 9.17) is 0 Å². The number of halogens is 1. The molecule has 0 aliphatic carbocycles. The highest BCUT2D eigenvalue weighted by Crippen LogP contribution is 2.20. The summed E-state index contributed by atoms with van der Waals surface area (Å²) in [6, 6.07) is 10.9.